The van der Waals surface area contributed by atoms with Crippen molar-refractivity contribution in [3.8, 4) is 0 Å². The normalized spacial score (nSPS) is 10.6. The van der Waals surface area contributed by atoms with Gasteiger partial charge in [-0.15, -0.1) is 0 Å². The number of carbonyl (C=O) groups is 1. The summed E-state index contributed by atoms with van der Waals surface area (Å²) < 4.78 is 0. The first-order valence-electron chi connectivity index (χ1n) is 5.93. The fourth-order valence-corrected chi connectivity index (χ4v) is 1.63. The van der Waals surface area contributed by atoms with E-state index in [1.165, 1.54) is 0 Å². The van der Waals surface area contributed by atoms with Crippen molar-refractivity contribution in [2.24, 2.45) is 5.84 Å². The van der Waals surface area contributed by atoms with E-state index in [4.69, 9.17) is 5.84 Å². The number of amides is 1. The van der Waals surface area contributed by atoms with Crippen LogP contribution in [0.15, 0.2) is 18.2 Å². The summed E-state index contributed by atoms with van der Waals surface area (Å²) in [5.41, 5.74) is 5.08. The molecule has 0 aliphatic carbocycles. The van der Waals surface area contributed by atoms with E-state index in [-0.39, 0.29) is 5.91 Å². The minimum absolute atomic E-state index is 0.0310. The van der Waals surface area contributed by atoms with E-state index in [1.54, 1.807) is 11.0 Å². The Kier molecular flexibility index (Phi) is 5.12. The van der Waals surface area contributed by atoms with Crippen LogP contribution < -0.4 is 11.3 Å². The van der Waals surface area contributed by atoms with Crippen LogP contribution in [0.2, 0.25) is 0 Å². The molecule has 1 amide bonds. The van der Waals surface area contributed by atoms with Crippen molar-refractivity contribution < 1.29 is 4.79 Å². The van der Waals surface area contributed by atoms with Crippen molar-refractivity contribution in [2.75, 3.05) is 39.7 Å². The smallest absolute Gasteiger partial charge is 0.253 e. The Morgan fingerprint density at radius 1 is 1.28 bits per heavy atom. The van der Waals surface area contributed by atoms with Gasteiger partial charge in [0.25, 0.3) is 5.91 Å². The van der Waals surface area contributed by atoms with Crippen LogP contribution in [0.5, 0.6) is 0 Å². The molecule has 0 unspecified atom stereocenters. The van der Waals surface area contributed by atoms with E-state index < -0.39 is 0 Å². The molecule has 1 aromatic carbocycles. The number of hydrogen-bond donors (Lipinski definition) is 2. The molecule has 0 heterocycles. The van der Waals surface area contributed by atoms with Gasteiger partial charge in [0.05, 0.1) is 5.69 Å². The largest absolute Gasteiger partial charge is 0.340 e. The SMILES string of the molecule is Cc1cc(C(=O)N(C)CCN(C)C)ccc1NN. The molecule has 0 aliphatic rings. The first-order valence-corrected chi connectivity index (χ1v) is 5.93. The Labute approximate surface area is 109 Å². The summed E-state index contributed by atoms with van der Waals surface area (Å²) in [5, 5.41) is 0. The Balaban J connectivity index is 2.74. The molecular formula is C13H22N4O. The lowest BCUT2D eigenvalue weighted by Gasteiger charge is -2.20. The average molecular weight is 250 g/mol. The molecule has 0 bridgehead atoms. The second kappa shape index (κ2) is 6.37. The van der Waals surface area contributed by atoms with Crippen molar-refractivity contribution in [3.05, 3.63) is 29.3 Å². The average Bonchev–Trinajstić information content (AvgIpc) is 2.34. The maximum atomic E-state index is 12.2. The third-order valence-electron chi connectivity index (χ3n) is 2.86. The Bertz CT molecular complexity index is 417. The Hall–Kier alpha value is -1.59. The minimum Gasteiger partial charge on any atom is -0.340 e. The second-order valence-electron chi connectivity index (χ2n) is 4.70. The van der Waals surface area contributed by atoms with Gasteiger partial charge < -0.3 is 15.2 Å². The fraction of sp³-hybridized carbons (Fsp3) is 0.462. The summed E-state index contributed by atoms with van der Waals surface area (Å²) in [7, 11) is 5.80. The number of rotatable bonds is 5. The lowest BCUT2D eigenvalue weighted by molar-refractivity contribution is 0.0786. The van der Waals surface area contributed by atoms with E-state index in [9.17, 15) is 4.79 Å². The summed E-state index contributed by atoms with van der Waals surface area (Å²) in [5.74, 6) is 5.40. The van der Waals surface area contributed by atoms with Gasteiger partial charge >= 0.3 is 0 Å². The van der Waals surface area contributed by atoms with Crippen LogP contribution in [0.3, 0.4) is 0 Å². The van der Waals surface area contributed by atoms with Gasteiger partial charge in [0.2, 0.25) is 0 Å². The maximum Gasteiger partial charge on any atom is 0.253 e. The van der Waals surface area contributed by atoms with E-state index in [0.29, 0.717) is 12.1 Å². The Morgan fingerprint density at radius 3 is 2.44 bits per heavy atom. The standard InChI is InChI=1S/C13H22N4O/c1-10-9-11(5-6-12(10)15-14)13(18)17(4)8-7-16(2)3/h5-6,9,15H,7-8,14H2,1-4H3. The van der Waals surface area contributed by atoms with Crippen molar-refractivity contribution in [1.82, 2.24) is 9.80 Å². The highest BCUT2D eigenvalue weighted by Gasteiger charge is 2.12. The molecular weight excluding hydrogens is 228 g/mol. The van der Waals surface area contributed by atoms with Crippen LogP contribution in [0.25, 0.3) is 0 Å². The first-order chi connectivity index (χ1) is 8.45. The summed E-state index contributed by atoms with van der Waals surface area (Å²) in [4.78, 5) is 15.9. The molecule has 0 fully saturated rings. The highest BCUT2D eigenvalue weighted by molar-refractivity contribution is 5.94. The van der Waals surface area contributed by atoms with E-state index >= 15 is 0 Å². The number of likely N-dealkylation sites (N-methyl/N-ethyl adjacent to an activating group) is 2. The van der Waals surface area contributed by atoms with Gasteiger partial charge in [-0.2, -0.15) is 0 Å². The first kappa shape index (κ1) is 14.5. The summed E-state index contributed by atoms with van der Waals surface area (Å²) in [6.07, 6.45) is 0. The molecule has 5 heteroatoms. The van der Waals surface area contributed by atoms with Crippen molar-refractivity contribution in [1.29, 1.82) is 0 Å². The Morgan fingerprint density at radius 2 is 1.94 bits per heavy atom. The number of nitrogen functional groups attached to an aromatic ring is 1. The number of carbonyl (C=O) groups excluding carboxylic acids is 1. The number of nitrogens with two attached hydrogens (primary N) is 1. The zero-order chi connectivity index (χ0) is 13.7. The van der Waals surface area contributed by atoms with Gasteiger partial charge in [-0.05, 0) is 44.8 Å². The molecule has 0 radical (unpaired) electrons. The predicted molar refractivity (Wildman–Crippen MR) is 74.5 cm³/mol. The highest BCUT2D eigenvalue weighted by Crippen LogP contribution is 2.16. The molecule has 3 N–H and O–H groups in total. The van der Waals surface area contributed by atoms with Crippen molar-refractivity contribution in [2.45, 2.75) is 6.92 Å². The third-order valence-corrected chi connectivity index (χ3v) is 2.86. The molecule has 0 saturated carbocycles. The quantitative estimate of drug-likeness (QED) is 0.602. The van der Waals surface area contributed by atoms with Gasteiger partial charge in [0, 0.05) is 25.7 Å². The summed E-state index contributed by atoms with van der Waals surface area (Å²) in [6, 6.07) is 5.46. The number of nitrogens with zero attached hydrogens (tertiary/aromatic N) is 2. The van der Waals surface area contributed by atoms with Crippen LogP contribution >= 0.6 is 0 Å². The van der Waals surface area contributed by atoms with Crippen LogP contribution in [0.4, 0.5) is 5.69 Å². The van der Waals surface area contributed by atoms with E-state index in [2.05, 4.69) is 10.3 Å². The molecule has 0 aromatic heterocycles. The van der Waals surface area contributed by atoms with Crippen LogP contribution in [-0.2, 0) is 0 Å². The lowest BCUT2D eigenvalue weighted by atomic mass is 10.1. The van der Waals surface area contributed by atoms with E-state index in [1.807, 2.05) is 40.2 Å². The molecule has 1 aromatic rings. The van der Waals surface area contributed by atoms with Crippen LogP contribution in [-0.4, -0.2) is 49.9 Å². The molecule has 100 valence electrons. The molecule has 0 spiro atoms. The number of benzene rings is 1. The van der Waals surface area contributed by atoms with Gasteiger partial charge in [-0.25, -0.2) is 0 Å². The molecule has 0 aliphatic heterocycles. The second-order valence-corrected chi connectivity index (χ2v) is 4.70. The monoisotopic (exact) mass is 250 g/mol. The molecule has 0 atom stereocenters. The van der Waals surface area contributed by atoms with Crippen LogP contribution in [0, 0.1) is 6.92 Å². The number of anilines is 1. The zero-order valence-corrected chi connectivity index (χ0v) is 11.5. The number of hydrogen-bond acceptors (Lipinski definition) is 4. The molecule has 18 heavy (non-hydrogen) atoms. The van der Waals surface area contributed by atoms with Gasteiger partial charge in [-0.3, -0.25) is 10.6 Å². The molecule has 5 nitrogen and oxygen atoms in total. The summed E-state index contributed by atoms with van der Waals surface area (Å²) in [6.45, 7) is 3.48. The molecule has 1 rings (SSSR count). The number of hydrazine groups is 1. The summed E-state index contributed by atoms with van der Waals surface area (Å²) >= 11 is 0. The number of aryl methyl sites for hydroxylation is 1. The molecule has 0 saturated heterocycles. The zero-order valence-electron chi connectivity index (χ0n) is 11.5. The highest BCUT2D eigenvalue weighted by atomic mass is 16.2. The van der Waals surface area contributed by atoms with Crippen molar-refractivity contribution >= 4 is 11.6 Å². The van der Waals surface area contributed by atoms with Gasteiger partial charge in [0.1, 0.15) is 0 Å². The van der Waals surface area contributed by atoms with Gasteiger partial charge in [0.15, 0.2) is 0 Å². The maximum absolute atomic E-state index is 12.2. The minimum atomic E-state index is 0.0310. The van der Waals surface area contributed by atoms with Gasteiger partial charge in [-0.1, -0.05) is 0 Å². The fourth-order valence-electron chi connectivity index (χ4n) is 1.63. The lowest BCUT2D eigenvalue weighted by Crippen LogP contribution is -2.33. The topological polar surface area (TPSA) is 61.6 Å². The van der Waals surface area contributed by atoms with Crippen molar-refractivity contribution in [3.63, 3.8) is 0 Å². The van der Waals surface area contributed by atoms with E-state index in [0.717, 1.165) is 17.8 Å². The predicted octanol–water partition coefficient (Wildman–Crippen LogP) is 0.914. The number of nitrogens with one attached hydrogen (secondary N) is 1. The van der Waals surface area contributed by atoms with Crippen LogP contribution in [0.1, 0.15) is 15.9 Å². The third kappa shape index (κ3) is 3.72.